The van der Waals surface area contributed by atoms with Crippen LogP contribution in [0.1, 0.15) is 5.69 Å². The van der Waals surface area contributed by atoms with E-state index in [4.69, 9.17) is 15.2 Å². The number of nitrogens with two attached hydrogens (primary N) is 1. The van der Waals surface area contributed by atoms with Crippen LogP contribution in [0.4, 0.5) is 20.6 Å². The molecule has 0 aliphatic carbocycles. The van der Waals surface area contributed by atoms with Gasteiger partial charge in [-0.2, -0.15) is 0 Å². The number of cyclic esters (lactones) is 1. The maximum atomic E-state index is 14.6. The maximum Gasteiger partial charge on any atom is 0.414 e. The number of benzene rings is 1. The van der Waals surface area contributed by atoms with Crippen LogP contribution in [0.15, 0.2) is 24.4 Å². The zero-order valence-electron chi connectivity index (χ0n) is 14.8. The average molecular weight is 376 g/mol. The summed E-state index contributed by atoms with van der Waals surface area (Å²) in [6.45, 7) is 3.42. The molecule has 144 valence electrons. The molecule has 0 saturated carbocycles. The van der Waals surface area contributed by atoms with Crippen LogP contribution in [0.5, 0.6) is 0 Å². The molecule has 2 saturated heterocycles. The number of hydrogen-bond donors (Lipinski definition) is 1. The Labute approximate surface area is 155 Å². The maximum absolute atomic E-state index is 14.6. The lowest BCUT2D eigenvalue weighted by Crippen LogP contribution is -2.36. The Hall–Kier alpha value is -2.72. The lowest BCUT2D eigenvalue weighted by atomic mass is 10.2. The van der Waals surface area contributed by atoms with Crippen molar-refractivity contribution in [1.82, 2.24) is 15.0 Å². The third-order valence-corrected chi connectivity index (χ3v) is 4.65. The summed E-state index contributed by atoms with van der Waals surface area (Å²) in [6, 6.07) is 4.80. The molecule has 2 N–H and O–H groups in total. The Morgan fingerprint density at radius 2 is 2.11 bits per heavy atom. The van der Waals surface area contributed by atoms with Gasteiger partial charge in [0.25, 0.3) is 0 Å². The van der Waals surface area contributed by atoms with Crippen molar-refractivity contribution in [2.24, 2.45) is 5.73 Å². The van der Waals surface area contributed by atoms with Crippen LogP contribution >= 0.6 is 0 Å². The molecule has 1 amide bonds. The molecule has 4 rings (SSSR count). The van der Waals surface area contributed by atoms with Crippen LogP contribution < -0.4 is 15.5 Å². The number of morpholine rings is 1. The number of carbonyl (C=O) groups excluding carboxylic acids is 1. The van der Waals surface area contributed by atoms with Crippen LogP contribution in [0, 0.1) is 5.82 Å². The largest absolute Gasteiger partial charge is 0.442 e. The van der Waals surface area contributed by atoms with Crippen molar-refractivity contribution >= 4 is 17.5 Å². The minimum atomic E-state index is -0.502. The molecular weight excluding hydrogens is 355 g/mol. The van der Waals surface area contributed by atoms with Crippen molar-refractivity contribution in [3.63, 3.8) is 0 Å². The van der Waals surface area contributed by atoms with Crippen molar-refractivity contribution in [1.29, 1.82) is 0 Å². The Bertz CT molecular complexity index is 823. The highest BCUT2D eigenvalue weighted by Gasteiger charge is 2.33. The summed E-state index contributed by atoms with van der Waals surface area (Å²) in [5, 5.41) is 7.86. The van der Waals surface area contributed by atoms with Gasteiger partial charge in [-0.3, -0.25) is 4.90 Å². The SMILES string of the molecule is NCc1cn(C[C@H]2CN(c3ccc(N4CCOCC4)c(F)c3)C(=O)O2)nn1. The van der Waals surface area contributed by atoms with Crippen molar-refractivity contribution in [2.45, 2.75) is 19.2 Å². The number of rotatable bonds is 5. The Kier molecular flexibility index (Phi) is 4.90. The highest BCUT2D eigenvalue weighted by molar-refractivity contribution is 5.90. The summed E-state index contributed by atoms with van der Waals surface area (Å²) in [5.74, 6) is -0.366. The summed E-state index contributed by atoms with van der Waals surface area (Å²) in [7, 11) is 0. The van der Waals surface area contributed by atoms with E-state index in [2.05, 4.69) is 10.3 Å². The second-order valence-corrected chi connectivity index (χ2v) is 6.49. The monoisotopic (exact) mass is 376 g/mol. The standard InChI is InChI=1S/C17H21FN6O3/c18-15-7-13(1-2-16(15)22-3-5-26-6-4-22)24-11-14(27-17(24)25)10-23-9-12(8-19)20-21-23/h1-2,7,9,14H,3-6,8,10-11,19H2/t14-/m0/s1. The van der Waals surface area contributed by atoms with Gasteiger partial charge in [0.1, 0.15) is 11.9 Å². The molecule has 1 aromatic carbocycles. The number of amides is 1. The van der Waals surface area contributed by atoms with Gasteiger partial charge in [-0.05, 0) is 18.2 Å². The highest BCUT2D eigenvalue weighted by Crippen LogP contribution is 2.28. The van der Waals surface area contributed by atoms with E-state index < -0.39 is 12.2 Å². The lowest BCUT2D eigenvalue weighted by Gasteiger charge is -2.29. The van der Waals surface area contributed by atoms with Crippen LogP contribution in [-0.2, 0) is 22.6 Å². The fraction of sp³-hybridized carbons (Fsp3) is 0.471. The fourth-order valence-corrected chi connectivity index (χ4v) is 3.28. The quantitative estimate of drug-likeness (QED) is 0.822. The molecule has 3 heterocycles. The molecule has 9 nitrogen and oxygen atoms in total. The second-order valence-electron chi connectivity index (χ2n) is 6.49. The molecule has 0 unspecified atom stereocenters. The molecule has 27 heavy (non-hydrogen) atoms. The van der Waals surface area contributed by atoms with E-state index in [1.165, 1.54) is 11.0 Å². The number of halogens is 1. The molecule has 1 atom stereocenters. The first kappa shape index (κ1) is 17.7. The van der Waals surface area contributed by atoms with Crippen molar-refractivity contribution in [3.8, 4) is 0 Å². The summed E-state index contributed by atoms with van der Waals surface area (Å²) < 4.78 is 26.9. The van der Waals surface area contributed by atoms with Gasteiger partial charge in [0.2, 0.25) is 0 Å². The smallest absolute Gasteiger partial charge is 0.414 e. The Morgan fingerprint density at radius 1 is 1.30 bits per heavy atom. The van der Waals surface area contributed by atoms with Crippen LogP contribution in [0.25, 0.3) is 0 Å². The van der Waals surface area contributed by atoms with Crippen molar-refractivity contribution in [3.05, 3.63) is 35.9 Å². The summed E-state index contributed by atoms with van der Waals surface area (Å²) >= 11 is 0. The number of carbonyl (C=O) groups is 1. The minimum absolute atomic E-state index is 0.297. The lowest BCUT2D eigenvalue weighted by molar-refractivity contribution is 0.122. The van der Waals surface area contributed by atoms with Crippen molar-refractivity contribution in [2.75, 3.05) is 42.6 Å². The van der Waals surface area contributed by atoms with E-state index in [0.29, 0.717) is 63.0 Å². The van der Waals surface area contributed by atoms with Crippen molar-refractivity contribution < 1.29 is 18.7 Å². The van der Waals surface area contributed by atoms with E-state index in [9.17, 15) is 9.18 Å². The average Bonchev–Trinajstić information content (AvgIpc) is 3.28. The van der Waals surface area contributed by atoms with Crippen LogP contribution in [0.2, 0.25) is 0 Å². The molecule has 2 aliphatic rings. The number of aromatic nitrogens is 3. The van der Waals surface area contributed by atoms with E-state index in [1.807, 2.05) is 4.90 Å². The molecule has 1 aromatic heterocycles. The summed E-state index contributed by atoms with van der Waals surface area (Å²) in [4.78, 5) is 15.6. The van der Waals surface area contributed by atoms with Gasteiger partial charge in [-0.1, -0.05) is 5.21 Å². The molecule has 0 radical (unpaired) electrons. The molecule has 0 bridgehead atoms. The Balaban J connectivity index is 1.45. The first-order valence-electron chi connectivity index (χ1n) is 8.83. The predicted octanol–water partition coefficient (Wildman–Crippen LogP) is 0.738. The predicted molar refractivity (Wildman–Crippen MR) is 95.0 cm³/mol. The molecule has 2 aliphatic heterocycles. The van der Waals surface area contributed by atoms with Crippen LogP contribution in [-0.4, -0.2) is 60.0 Å². The van der Waals surface area contributed by atoms with Crippen LogP contribution in [0.3, 0.4) is 0 Å². The van der Waals surface area contributed by atoms with E-state index in [-0.39, 0.29) is 5.82 Å². The van der Waals surface area contributed by atoms with Gasteiger partial charge in [0.15, 0.2) is 0 Å². The second kappa shape index (κ2) is 7.49. The van der Waals surface area contributed by atoms with Gasteiger partial charge in [-0.15, -0.1) is 5.10 Å². The minimum Gasteiger partial charge on any atom is -0.442 e. The van der Waals surface area contributed by atoms with Gasteiger partial charge < -0.3 is 20.1 Å². The molecular formula is C17H21FN6O3. The summed E-state index contributed by atoms with van der Waals surface area (Å²) in [6.07, 6.45) is 0.817. The van der Waals surface area contributed by atoms with Gasteiger partial charge >= 0.3 is 6.09 Å². The first-order chi connectivity index (χ1) is 13.1. The zero-order chi connectivity index (χ0) is 18.8. The zero-order valence-corrected chi connectivity index (χ0v) is 14.8. The molecule has 0 spiro atoms. The fourth-order valence-electron chi connectivity index (χ4n) is 3.28. The first-order valence-corrected chi connectivity index (χ1v) is 8.83. The third-order valence-electron chi connectivity index (χ3n) is 4.65. The topological polar surface area (TPSA) is 98.7 Å². The van der Waals surface area contributed by atoms with E-state index in [1.54, 1.807) is 23.0 Å². The van der Waals surface area contributed by atoms with Gasteiger partial charge in [0, 0.05) is 25.8 Å². The number of anilines is 2. The number of nitrogens with zero attached hydrogens (tertiary/aromatic N) is 5. The normalized spacial score (nSPS) is 20.2. The Morgan fingerprint density at radius 3 is 2.81 bits per heavy atom. The third kappa shape index (κ3) is 3.71. The van der Waals surface area contributed by atoms with E-state index >= 15 is 0 Å². The number of hydrogen-bond acceptors (Lipinski definition) is 7. The van der Waals surface area contributed by atoms with Gasteiger partial charge in [0.05, 0.1) is 43.4 Å². The van der Waals surface area contributed by atoms with E-state index in [0.717, 1.165) is 0 Å². The molecule has 10 heteroatoms. The molecule has 2 aromatic rings. The van der Waals surface area contributed by atoms with Gasteiger partial charge in [-0.25, -0.2) is 13.9 Å². The number of ether oxygens (including phenoxy) is 2. The summed E-state index contributed by atoms with van der Waals surface area (Å²) in [5.41, 5.74) is 7.17. The molecule has 2 fully saturated rings. The highest BCUT2D eigenvalue weighted by atomic mass is 19.1.